The molecule has 28 heavy (non-hydrogen) atoms. The molecule has 0 saturated carbocycles. The Morgan fingerprint density at radius 3 is 1.86 bits per heavy atom. The summed E-state index contributed by atoms with van der Waals surface area (Å²) in [5.74, 6) is 0.989. The average Bonchev–Trinajstić information content (AvgIpc) is 2.62. The van der Waals surface area contributed by atoms with Crippen LogP contribution < -0.4 is 4.74 Å². The molecule has 0 bridgehead atoms. The SMILES string of the molecule is CCOCCC(C)Oc1c(Br)cc(C(C)(C)c2cc(Br)c(O)c(Br)c2)cc1Br. The lowest BCUT2D eigenvalue weighted by Crippen LogP contribution is -2.20. The fraction of sp³-hybridized carbons (Fsp3) is 0.429. The summed E-state index contributed by atoms with van der Waals surface area (Å²) < 4.78 is 14.6. The largest absolute Gasteiger partial charge is 0.506 e. The van der Waals surface area contributed by atoms with Gasteiger partial charge in [-0.25, -0.2) is 0 Å². The van der Waals surface area contributed by atoms with Crippen LogP contribution in [-0.2, 0) is 10.2 Å². The lowest BCUT2D eigenvalue weighted by Gasteiger charge is -2.28. The van der Waals surface area contributed by atoms with Crippen LogP contribution in [-0.4, -0.2) is 24.4 Å². The van der Waals surface area contributed by atoms with Crippen LogP contribution in [0.4, 0.5) is 0 Å². The molecule has 0 aliphatic heterocycles. The van der Waals surface area contributed by atoms with Gasteiger partial charge in [0, 0.05) is 18.4 Å². The maximum atomic E-state index is 10.0. The molecule has 3 nitrogen and oxygen atoms in total. The van der Waals surface area contributed by atoms with Crippen LogP contribution in [0.1, 0.15) is 45.2 Å². The highest BCUT2D eigenvalue weighted by molar-refractivity contribution is 9.11. The van der Waals surface area contributed by atoms with Crippen molar-refractivity contribution in [2.75, 3.05) is 13.2 Å². The smallest absolute Gasteiger partial charge is 0.148 e. The molecule has 0 aliphatic carbocycles. The Hall–Kier alpha value is -0.0800. The molecule has 2 aromatic carbocycles. The molecule has 1 atom stereocenters. The van der Waals surface area contributed by atoms with Crippen LogP contribution in [0.5, 0.6) is 11.5 Å². The Morgan fingerprint density at radius 1 is 0.929 bits per heavy atom. The molecule has 0 saturated heterocycles. The van der Waals surface area contributed by atoms with Crippen molar-refractivity contribution >= 4 is 63.7 Å². The molecule has 7 heteroatoms. The van der Waals surface area contributed by atoms with E-state index in [0.29, 0.717) is 22.2 Å². The summed E-state index contributed by atoms with van der Waals surface area (Å²) in [6.45, 7) is 9.73. The van der Waals surface area contributed by atoms with Gasteiger partial charge in [-0.15, -0.1) is 0 Å². The van der Waals surface area contributed by atoms with E-state index in [1.807, 2.05) is 26.0 Å². The first-order valence-corrected chi connectivity index (χ1v) is 12.2. The van der Waals surface area contributed by atoms with E-state index in [1.54, 1.807) is 0 Å². The van der Waals surface area contributed by atoms with Gasteiger partial charge in [0.05, 0.1) is 30.6 Å². The number of benzene rings is 2. The molecule has 0 amide bonds. The lowest BCUT2D eigenvalue weighted by atomic mass is 9.78. The third-order valence-corrected chi connectivity index (χ3v) is 7.04. The predicted molar refractivity (Wildman–Crippen MR) is 129 cm³/mol. The zero-order valence-electron chi connectivity index (χ0n) is 16.3. The maximum absolute atomic E-state index is 10.0. The monoisotopic (exact) mass is 640 g/mol. The summed E-state index contributed by atoms with van der Waals surface area (Å²) in [6.07, 6.45) is 0.872. The van der Waals surface area contributed by atoms with Gasteiger partial charge in [0.15, 0.2) is 0 Å². The molecule has 1 N–H and O–H groups in total. The molecule has 154 valence electrons. The van der Waals surface area contributed by atoms with Crippen LogP contribution in [0, 0.1) is 0 Å². The molecule has 0 aromatic heterocycles. The second-order valence-electron chi connectivity index (χ2n) is 7.10. The van der Waals surface area contributed by atoms with Gasteiger partial charge >= 0.3 is 0 Å². The predicted octanol–water partition coefficient (Wildman–Crippen LogP) is 7.96. The molecule has 2 aromatic rings. The molecule has 0 radical (unpaired) electrons. The van der Waals surface area contributed by atoms with E-state index in [1.165, 1.54) is 0 Å². The van der Waals surface area contributed by atoms with Crippen molar-refractivity contribution in [1.29, 1.82) is 0 Å². The third kappa shape index (κ3) is 5.75. The van der Waals surface area contributed by atoms with E-state index in [-0.39, 0.29) is 17.3 Å². The standard InChI is InChI=1S/C21H24Br4O3/c1-5-27-7-6-12(2)28-20-17(24)10-14(11-18(20)25)21(3,4)13-8-15(22)19(26)16(23)9-13/h8-12,26H,5-7H2,1-4H3. The maximum Gasteiger partial charge on any atom is 0.148 e. The molecule has 2 rings (SSSR count). The van der Waals surface area contributed by atoms with E-state index in [2.05, 4.69) is 89.7 Å². The number of aromatic hydroxyl groups is 1. The Balaban J connectivity index is 2.32. The molecule has 0 aliphatic rings. The highest BCUT2D eigenvalue weighted by Crippen LogP contribution is 2.43. The van der Waals surface area contributed by atoms with Crippen molar-refractivity contribution in [3.8, 4) is 11.5 Å². The van der Waals surface area contributed by atoms with Crippen molar-refractivity contribution in [3.63, 3.8) is 0 Å². The van der Waals surface area contributed by atoms with Crippen LogP contribution in [0.15, 0.2) is 42.2 Å². The number of halogens is 4. The van der Waals surface area contributed by atoms with Crippen molar-refractivity contribution in [3.05, 3.63) is 53.3 Å². The lowest BCUT2D eigenvalue weighted by molar-refractivity contribution is 0.106. The number of rotatable bonds is 8. The summed E-state index contributed by atoms with van der Waals surface area (Å²) in [4.78, 5) is 0. The van der Waals surface area contributed by atoms with Gasteiger partial charge in [0.2, 0.25) is 0 Å². The number of hydrogen-bond acceptors (Lipinski definition) is 3. The van der Waals surface area contributed by atoms with Gasteiger partial charge in [-0.1, -0.05) is 13.8 Å². The molecular formula is C21H24Br4O3. The van der Waals surface area contributed by atoms with Crippen LogP contribution in [0.3, 0.4) is 0 Å². The minimum atomic E-state index is -0.289. The average molecular weight is 644 g/mol. The van der Waals surface area contributed by atoms with Gasteiger partial charge in [0.1, 0.15) is 11.5 Å². The van der Waals surface area contributed by atoms with Crippen LogP contribution in [0.25, 0.3) is 0 Å². The van der Waals surface area contributed by atoms with E-state index in [4.69, 9.17) is 9.47 Å². The van der Waals surface area contributed by atoms with Gasteiger partial charge in [0.25, 0.3) is 0 Å². The fourth-order valence-corrected chi connectivity index (χ4v) is 5.34. The zero-order chi connectivity index (χ0) is 21.1. The van der Waals surface area contributed by atoms with Gasteiger partial charge < -0.3 is 14.6 Å². The summed E-state index contributed by atoms with van der Waals surface area (Å²) in [7, 11) is 0. The number of phenols is 1. The van der Waals surface area contributed by atoms with E-state index in [9.17, 15) is 5.11 Å². The fourth-order valence-electron chi connectivity index (χ4n) is 2.78. The summed E-state index contributed by atoms with van der Waals surface area (Å²) in [5, 5.41) is 10.0. The Morgan fingerprint density at radius 2 is 1.39 bits per heavy atom. The second-order valence-corrected chi connectivity index (χ2v) is 10.5. The van der Waals surface area contributed by atoms with Crippen molar-refractivity contribution < 1.29 is 14.6 Å². The highest BCUT2D eigenvalue weighted by Gasteiger charge is 2.27. The molecule has 0 spiro atoms. The minimum Gasteiger partial charge on any atom is -0.506 e. The van der Waals surface area contributed by atoms with Crippen molar-refractivity contribution in [2.24, 2.45) is 0 Å². The topological polar surface area (TPSA) is 38.7 Å². The first kappa shape index (κ1) is 24.2. The zero-order valence-corrected chi connectivity index (χ0v) is 22.6. The van der Waals surface area contributed by atoms with E-state index < -0.39 is 0 Å². The van der Waals surface area contributed by atoms with Crippen LogP contribution >= 0.6 is 63.7 Å². The molecule has 0 heterocycles. The van der Waals surface area contributed by atoms with Crippen LogP contribution in [0.2, 0.25) is 0 Å². The number of phenolic OH excluding ortho intramolecular Hbond substituents is 1. The first-order chi connectivity index (χ1) is 13.1. The van der Waals surface area contributed by atoms with Gasteiger partial charge in [-0.05, 0) is 113 Å². The summed E-state index contributed by atoms with van der Waals surface area (Å²) in [6, 6.07) is 8.07. The Labute approximate surface area is 200 Å². The number of ether oxygens (including phenoxy) is 2. The molecule has 0 fully saturated rings. The van der Waals surface area contributed by atoms with Gasteiger partial charge in [-0.2, -0.15) is 0 Å². The van der Waals surface area contributed by atoms with Crippen molar-refractivity contribution in [2.45, 2.75) is 45.6 Å². The Kier molecular flexibility index (Phi) is 8.89. The summed E-state index contributed by atoms with van der Waals surface area (Å²) in [5.41, 5.74) is 1.90. The second kappa shape index (κ2) is 10.3. The molecule has 1 unspecified atom stereocenters. The highest BCUT2D eigenvalue weighted by atomic mass is 79.9. The first-order valence-electron chi connectivity index (χ1n) is 9.00. The minimum absolute atomic E-state index is 0.0435. The quantitative estimate of drug-likeness (QED) is 0.297. The third-order valence-electron chi connectivity index (χ3n) is 4.65. The Bertz CT molecular complexity index is 790. The normalized spacial score (nSPS) is 12.9. The molecular weight excluding hydrogens is 620 g/mol. The number of hydrogen-bond donors (Lipinski definition) is 1. The summed E-state index contributed by atoms with van der Waals surface area (Å²) >= 11 is 14.2. The van der Waals surface area contributed by atoms with E-state index >= 15 is 0 Å². The van der Waals surface area contributed by atoms with Gasteiger partial charge in [-0.3, -0.25) is 0 Å². The van der Waals surface area contributed by atoms with Crippen molar-refractivity contribution in [1.82, 2.24) is 0 Å². The van der Waals surface area contributed by atoms with E-state index in [0.717, 1.165) is 32.2 Å².